The zero-order valence-electron chi connectivity index (χ0n) is 14.8. The van der Waals surface area contributed by atoms with E-state index in [1.54, 1.807) is 19.1 Å². The van der Waals surface area contributed by atoms with Crippen molar-refractivity contribution in [2.24, 2.45) is 0 Å². The fraction of sp³-hybridized carbons (Fsp3) is 0.136. The van der Waals surface area contributed by atoms with Crippen LogP contribution in [0.1, 0.15) is 28.3 Å². The molecule has 0 bridgehead atoms. The smallest absolute Gasteiger partial charge is 0.412 e. The SMILES string of the molecule is Cc1ccc(NC(=O)OCC2c3ccccc3-c3ccccc32)nc1C#N. The number of carbonyl (C=O) groups excluding carboxylic acids is 1. The minimum Gasteiger partial charge on any atom is -0.448 e. The number of nitrogens with one attached hydrogen (secondary N) is 1. The van der Waals surface area contributed by atoms with Gasteiger partial charge in [0, 0.05) is 5.92 Å². The van der Waals surface area contributed by atoms with Gasteiger partial charge in [-0.1, -0.05) is 54.6 Å². The van der Waals surface area contributed by atoms with Gasteiger partial charge in [0.05, 0.1) is 0 Å². The van der Waals surface area contributed by atoms with Crippen molar-refractivity contribution < 1.29 is 9.53 Å². The van der Waals surface area contributed by atoms with Crippen LogP contribution in [0.2, 0.25) is 0 Å². The van der Waals surface area contributed by atoms with Gasteiger partial charge in [-0.2, -0.15) is 5.26 Å². The largest absolute Gasteiger partial charge is 0.448 e. The van der Waals surface area contributed by atoms with Crippen molar-refractivity contribution in [2.75, 3.05) is 11.9 Å². The minimum atomic E-state index is -0.586. The maximum Gasteiger partial charge on any atom is 0.412 e. The number of benzene rings is 2. The third-order valence-electron chi connectivity index (χ3n) is 4.78. The summed E-state index contributed by atoms with van der Waals surface area (Å²) in [5.74, 6) is 0.304. The number of hydrogen-bond acceptors (Lipinski definition) is 4. The van der Waals surface area contributed by atoms with Gasteiger partial charge in [0.2, 0.25) is 0 Å². The zero-order chi connectivity index (χ0) is 18.8. The lowest BCUT2D eigenvalue weighted by Crippen LogP contribution is -2.18. The Morgan fingerprint density at radius 1 is 1.07 bits per heavy atom. The normalized spacial score (nSPS) is 12.0. The Balaban J connectivity index is 1.49. The van der Waals surface area contributed by atoms with Crippen molar-refractivity contribution >= 4 is 11.9 Å². The Morgan fingerprint density at radius 2 is 1.70 bits per heavy atom. The number of ether oxygens (including phenoxy) is 1. The van der Waals surface area contributed by atoms with Gasteiger partial charge < -0.3 is 4.74 Å². The van der Waals surface area contributed by atoms with E-state index < -0.39 is 6.09 Å². The van der Waals surface area contributed by atoms with E-state index in [4.69, 9.17) is 10.00 Å². The molecular formula is C22H17N3O2. The lowest BCUT2D eigenvalue weighted by molar-refractivity contribution is 0.158. The number of aryl methyl sites for hydroxylation is 1. The van der Waals surface area contributed by atoms with Crippen LogP contribution >= 0.6 is 0 Å². The molecule has 0 unspecified atom stereocenters. The molecule has 1 aromatic heterocycles. The summed E-state index contributed by atoms with van der Waals surface area (Å²) in [4.78, 5) is 16.3. The van der Waals surface area contributed by atoms with E-state index in [0.29, 0.717) is 5.82 Å². The van der Waals surface area contributed by atoms with E-state index in [2.05, 4.69) is 34.6 Å². The second-order valence-electron chi connectivity index (χ2n) is 6.42. The van der Waals surface area contributed by atoms with Gasteiger partial charge in [0.1, 0.15) is 24.2 Å². The Bertz CT molecular complexity index is 1020. The van der Waals surface area contributed by atoms with E-state index in [-0.39, 0.29) is 18.2 Å². The summed E-state index contributed by atoms with van der Waals surface area (Å²) < 4.78 is 5.47. The van der Waals surface area contributed by atoms with Crippen LogP contribution in [0, 0.1) is 18.3 Å². The summed E-state index contributed by atoms with van der Waals surface area (Å²) in [6.07, 6.45) is -0.586. The van der Waals surface area contributed by atoms with Gasteiger partial charge in [-0.25, -0.2) is 9.78 Å². The van der Waals surface area contributed by atoms with Gasteiger partial charge in [-0.15, -0.1) is 0 Å². The molecule has 3 aromatic rings. The van der Waals surface area contributed by atoms with Gasteiger partial charge in [-0.3, -0.25) is 5.32 Å². The van der Waals surface area contributed by atoms with Crippen LogP contribution in [0.25, 0.3) is 11.1 Å². The highest BCUT2D eigenvalue weighted by atomic mass is 16.5. The third-order valence-corrected chi connectivity index (χ3v) is 4.78. The summed E-state index contributed by atoms with van der Waals surface area (Å²) >= 11 is 0. The van der Waals surface area contributed by atoms with Crippen molar-refractivity contribution in [3.63, 3.8) is 0 Å². The molecule has 1 heterocycles. The molecule has 132 valence electrons. The summed E-state index contributed by atoms with van der Waals surface area (Å²) in [6.45, 7) is 2.03. The molecule has 0 fully saturated rings. The summed E-state index contributed by atoms with van der Waals surface area (Å²) in [5, 5.41) is 11.6. The van der Waals surface area contributed by atoms with Crippen LogP contribution in [0.5, 0.6) is 0 Å². The van der Waals surface area contributed by atoms with E-state index in [1.165, 1.54) is 11.1 Å². The van der Waals surface area contributed by atoms with Crippen LogP contribution in [0.3, 0.4) is 0 Å². The van der Waals surface area contributed by atoms with Crippen LogP contribution in [-0.2, 0) is 4.74 Å². The van der Waals surface area contributed by atoms with Gasteiger partial charge in [-0.05, 0) is 40.8 Å². The average Bonchev–Trinajstić information content (AvgIpc) is 3.02. The Morgan fingerprint density at radius 3 is 2.33 bits per heavy atom. The lowest BCUT2D eigenvalue weighted by Gasteiger charge is -2.14. The Hall–Kier alpha value is -3.65. The number of fused-ring (bicyclic) bond motifs is 3. The second kappa shape index (κ2) is 6.93. The minimum absolute atomic E-state index is 0.00352. The van der Waals surface area contributed by atoms with E-state index >= 15 is 0 Å². The van der Waals surface area contributed by atoms with E-state index in [9.17, 15) is 4.79 Å². The summed E-state index contributed by atoms with van der Waals surface area (Å²) in [5.41, 5.74) is 5.72. The maximum absolute atomic E-state index is 12.2. The van der Waals surface area contributed by atoms with Gasteiger partial charge >= 0.3 is 6.09 Å². The van der Waals surface area contributed by atoms with E-state index in [1.807, 2.05) is 30.3 Å². The predicted octanol–water partition coefficient (Wildman–Crippen LogP) is 4.62. The van der Waals surface area contributed by atoms with Crippen molar-refractivity contribution in [1.82, 2.24) is 4.98 Å². The van der Waals surface area contributed by atoms with Crippen molar-refractivity contribution in [3.8, 4) is 17.2 Å². The number of nitriles is 1. The number of hydrogen-bond donors (Lipinski definition) is 1. The highest BCUT2D eigenvalue weighted by molar-refractivity contribution is 5.84. The summed E-state index contributed by atoms with van der Waals surface area (Å²) in [6, 6.07) is 21.7. The highest BCUT2D eigenvalue weighted by Gasteiger charge is 2.29. The molecule has 0 spiro atoms. The number of aromatic nitrogens is 1. The first-order valence-electron chi connectivity index (χ1n) is 8.67. The molecule has 1 aliphatic carbocycles. The molecule has 0 saturated heterocycles. The predicted molar refractivity (Wildman–Crippen MR) is 102 cm³/mol. The fourth-order valence-electron chi connectivity index (χ4n) is 3.45. The number of anilines is 1. The molecule has 5 nitrogen and oxygen atoms in total. The topological polar surface area (TPSA) is 75.0 Å². The van der Waals surface area contributed by atoms with Crippen LogP contribution in [-0.4, -0.2) is 17.7 Å². The van der Waals surface area contributed by atoms with E-state index in [0.717, 1.165) is 16.7 Å². The lowest BCUT2D eigenvalue weighted by atomic mass is 9.98. The average molecular weight is 355 g/mol. The molecule has 4 rings (SSSR count). The number of nitrogens with zero attached hydrogens (tertiary/aromatic N) is 2. The summed E-state index contributed by atoms with van der Waals surface area (Å²) in [7, 11) is 0. The molecule has 1 N–H and O–H groups in total. The van der Waals surface area contributed by atoms with Crippen molar-refractivity contribution in [2.45, 2.75) is 12.8 Å². The zero-order valence-corrected chi connectivity index (χ0v) is 14.8. The molecule has 0 aliphatic heterocycles. The molecule has 1 amide bonds. The molecule has 27 heavy (non-hydrogen) atoms. The van der Waals surface area contributed by atoms with Crippen molar-refractivity contribution in [1.29, 1.82) is 5.26 Å². The van der Waals surface area contributed by atoms with Gasteiger partial charge in [0.15, 0.2) is 0 Å². The molecule has 0 radical (unpaired) electrons. The Labute approximate surface area is 157 Å². The molecule has 0 atom stereocenters. The molecular weight excluding hydrogens is 338 g/mol. The molecule has 5 heteroatoms. The fourth-order valence-corrected chi connectivity index (χ4v) is 3.45. The number of pyridine rings is 1. The number of amides is 1. The van der Waals surface area contributed by atoms with Crippen LogP contribution in [0.15, 0.2) is 60.7 Å². The molecule has 0 saturated carbocycles. The quantitative estimate of drug-likeness (QED) is 0.744. The standard InChI is InChI=1S/C22H17N3O2/c1-14-10-11-21(24-20(14)12-23)25-22(26)27-13-19-17-8-4-2-6-15(17)16-7-3-5-9-18(16)19/h2-11,19H,13H2,1H3,(H,24,25,26). The third kappa shape index (κ3) is 3.13. The molecule has 2 aromatic carbocycles. The second-order valence-corrected chi connectivity index (χ2v) is 6.42. The first-order valence-corrected chi connectivity index (χ1v) is 8.67. The van der Waals surface area contributed by atoms with Crippen LogP contribution < -0.4 is 5.32 Å². The van der Waals surface area contributed by atoms with Crippen molar-refractivity contribution in [3.05, 3.63) is 83.0 Å². The first-order chi connectivity index (χ1) is 13.2. The number of rotatable bonds is 3. The number of carbonyl (C=O) groups is 1. The first kappa shape index (κ1) is 16.8. The van der Waals surface area contributed by atoms with Crippen LogP contribution in [0.4, 0.5) is 10.6 Å². The highest BCUT2D eigenvalue weighted by Crippen LogP contribution is 2.44. The van der Waals surface area contributed by atoms with Gasteiger partial charge in [0.25, 0.3) is 0 Å². The maximum atomic E-state index is 12.2. The Kier molecular flexibility index (Phi) is 4.31. The molecule has 1 aliphatic rings. The monoisotopic (exact) mass is 355 g/mol.